The fraction of sp³-hybridized carbons (Fsp3) is 0.700. The molecule has 1 aliphatic rings. The van der Waals surface area contributed by atoms with Crippen molar-refractivity contribution in [2.75, 3.05) is 6.54 Å². The Morgan fingerprint density at radius 3 is 3.00 bits per heavy atom. The molecule has 1 aromatic heterocycles. The van der Waals surface area contributed by atoms with E-state index in [1.807, 2.05) is 12.4 Å². The molecule has 1 saturated heterocycles. The summed E-state index contributed by atoms with van der Waals surface area (Å²) >= 11 is 0. The maximum Gasteiger partial charge on any atom is 0.0532 e. The standard InChI is InChI=1S/C10H17N3/c1-8(2)10-3-4-13(10)7-9-5-11-12-6-9/h5-6,8,10H,3-4,7H2,1-2H3,(H,11,12). The lowest BCUT2D eigenvalue weighted by Gasteiger charge is -2.43. The predicted molar refractivity (Wildman–Crippen MR) is 52.2 cm³/mol. The molecule has 0 aliphatic carbocycles. The van der Waals surface area contributed by atoms with Crippen LogP contribution >= 0.6 is 0 Å². The van der Waals surface area contributed by atoms with Crippen molar-refractivity contribution >= 4 is 0 Å². The van der Waals surface area contributed by atoms with Gasteiger partial charge in [0.15, 0.2) is 0 Å². The Kier molecular flexibility index (Phi) is 2.36. The number of hydrogen-bond acceptors (Lipinski definition) is 2. The van der Waals surface area contributed by atoms with Crippen LogP contribution in [-0.4, -0.2) is 27.7 Å². The van der Waals surface area contributed by atoms with E-state index >= 15 is 0 Å². The van der Waals surface area contributed by atoms with Crippen LogP contribution in [-0.2, 0) is 6.54 Å². The largest absolute Gasteiger partial charge is 0.296 e. The molecule has 0 saturated carbocycles. The van der Waals surface area contributed by atoms with E-state index in [2.05, 4.69) is 28.9 Å². The monoisotopic (exact) mass is 179 g/mol. The number of nitrogens with zero attached hydrogens (tertiary/aromatic N) is 2. The average molecular weight is 179 g/mol. The third-order valence-corrected chi connectivity index (χ3v) is 2.89. The molecule has 1 aliphatic heterocycles. The molecule has 1 N–H and O–H groups in total. The SMILES string of the molecule is CC(C)C1CCN1Cc1cn[nH]c1. The van der Waals surface area contributed by atoms with Gasteiger partial charge in [-0.2, -0.15) is 5.10 Å². The maximum atomic E-state index is 3.95. The van der Waals surface area contributed by atoms with Crippen molar-refractivity contribution in [2.45, 2.75) is 32.9 Å². The fourth-order valence-electron chi connectivity index (χ4n) is 2.01. The summed E-state index contributed by atoms with van der Waals surface area (Å²) in [5.74, 6) is 0.778. The highest BCUT2D eigenvalue weighted by Gasteiger charge is 2.29. The zero-order valence-electron chi connectivity index (χ0n) is 8.33. The van der Waals surface area contributed by atoms with E-state index < -0.39 is 0 Å². The van der Waals surface area contributed by atoms with Gasteiger partial charge < -0.3 is 0 Å². The Balaban J connectivity index is 1.89. The number of likely N-dealkylation sites (tertiary alicyclic amines) is 1. The Bertz CT molecular complexity index is 253. The van der Waals surface area contributed by atoms with Crippen LogP contribution in [0.1, 0.15) is 25.8 Å². The molecule has 0 aromatic carbocycles. The Hall–Kier alpha value is -0.830. The summed E-state index contributed by atoms with van der Waals surface area (Å²) in [5, 5.41) is 6.80. The van der Waals surface area contributed by atoms with Crippen LogP contribution in [0.15, 0.2) is 12.4 Å². The lowest BCUT2D eigenvalue weighted by Crippen LogP contribution is -2.49. The van der Waals surface area contributed by atoms with Crippen molar-refractivity contribution in [2.24, 2.45) is 5.92 Å². The molecule has 72 valence electrons. The molecule has 0 bridgehead atoms. The molecule has 0 amide bonds. The average Bonchev–Trinajstić information content (AvgIpc) is 2.48. The summed E-state index contributed by atoms with van der Waals surface area (Å²) in [4.78, 5) is 2.52. The summed E-state index contributed by atoms with van der Waals surface area (Å²) in [5.41, 5.74) is 1.30. The first-order chi connectivity index (χ1) is 6.27. The van der Waals surface area contributed by atoms with E-state index in [0.717, 1.165) is 18.5 Å². The van der Waals surface area contributed by atoms with Crippen LogP contribution in [0, 0.1) is 5.92 Å². The maximum absolute atomic E-state index is 3.95. The third kappa shape index (κ3) is 1.75. The second-order valence-electron chi connectivity index (χ2n) is 4.18. The Labute approximate surface area is 79.1 Å². The topological polar surface area (TPSA) is 31.9 Å². The first kappa shape index (κ1) is 8.75. The van der Waals surface area contributed by atoms with E-state index in [1.165, 1.54) is 18.5 Å². The summed E-state index contributed by atoms with van der Waals surface area (Å²) in [6, 6.07) is 0.787. The predicted octanol–water partition coefficient (Wildman–Crippen LogP) is 1.64. The third-order valence-electron chi connectivity index (χ3n) is 2.89. The van der Waals surface area contributed by atoms with E-state index in [0.29, 0.717) is 0 Å². The van der Waals surface area contributed by atoms with E-state index in [1.54, 1.807) is 0 Å². The van der Waals surface area contributed by atoms with Crippen LogP contribution < -0.4 is 0 Å². The molecular weight excluding hydrogens is 162 g/mol. The summed E-state index contributed by atoms with van der Waals surface area (Å²) in [6.07, 6.45) is 5.25. The minimum absolute atomic E-state index is 0.778. The van der Waals surface area contributed by atoms with Gasteiger partial charge in [-0.05, 0) is 12.3 Å². The van der Waals surface area contributed by atoms with Crippen molar-refractivity contribution in [3.8, 4) is 0 Å². The van der Waals surface area contributed by atoms with Gasteiger partial charge in [-0.15, -0.1) is 0 Å². The van der Waals surface area contributed by atoms with Gasteiger partial charge in [-0.3, -0.25) is 10.00 Å². The Morgan fingerprint density at radius 2 is 2.54 bits per heavy atom. The normalized spacial score (nSPS) is 23.5. The lowest BCUT2D eigenvalue weighted by molar-refractivity contribution is 0.0482. The molecule has 1 unspecified atom stereocenters. The molecule has 2 rings (SSSR count). The minimum Gasteiger partial charge on any atom is -0.296 e. The summed E-state index contributed by atoms with van der Waals surface area (Å²) in [7, 11) is 0. The van der Waals surface area contributed by atoms with E-state index in [9.17, 15) is 0 Å². The second-order valence-corrected chi connectivity index (χ2v) is 4.18. The quantitative estimate of drug-likeness (QED) is 0.765. The zero-order valence-corrected chi connectivity index (χ0v) is 8.33. The van der Waals surface area contributed by atoms with Crippen LogP contribution in [0.25, 0.3) is 0 Å². The van der Waals surface area contributed by atoms with Gasteiger partial charge in [0, 0.05) is 30.9 Å². The highest BCUT2D eigenvalue weighted by atomic mass is 15.2. The second kappa shape index (κ2) is 3.50. The highest BCUT2D eigenvalue weighted by Crippen LogP contribution is 2.25. The summed E-state index contributed by atoms with van der Waals surface area (Å²) < 4.78 is 0. The van der Waals surface area contributed by atoms with Crippen molar-refractivity contribution in [3.05, 3.63) is 18.0 Å². The van der Waals surface area contributed by atoms with Crippen LogP contribution in [0.2, 0.25) is 0 Å². The van der Waals surface area contributed by atoms with Gasteiger partial charge in [-0.1, -0.05) is 13.8 Å². The number of H-pyrrole nitrogens is 1. The molecule has 0 radical (unpaired) electrons. The molecule has 13 heavy (non-hydrogen) atoms. The minimum atomic E-state index is 0.778. The van der Waals surface area contributed by atoms with Crippen molar-refractivity contribution in [1.29, 1.82) is 0 Å². The van der Waals surface area contributed by atoms with Crippen molar-refractivity contribution < 1.29 is 0 Å². The van der Waals surface area contributed by atoms with Gasteiger partial charge in [0.1, 0.15) is 0 Å². The van der Waals surface area contributed by atoms with Gasteiger partial charge in [0.05, 0.1) is 6.20 Å². The Morgan fingerprint density at radius 1 is 1.69 bits per heavy atom. The number of hydrogen-bond donors (Lipinski definition) is 1. The van der Waals surface area contributed by atoms with Gasteiger partial charge >= 0.3 is 0 Å². The molecule has 1 aromatic rings. The molecule has 1 atom stereocenters. The van der Waals surface area contributed by atoms with Gasteiger partial charge in [0.2, 0.25) is 0 Å². The number of rotatable bonds is 3. The van der Waals surface area contributed by atoms with E-state index in [-0.39, 0.29) is 0 Å². The first-order valence-electron chi connectivity index (χ1n) is 4.99. The smallest absolute Gasteiger partial charge is 0.0532 e. The molecule has 3 heteroatoms. The van der Waals surface area contributed by atoms with Crippen LogP contribution in [0.5, 0.6) is 0 Å². The molecule has 2 heterocycles. The lowest BCUT2D eigenvalue weighted by atomic mass is 9.91. The number of aromatic amines is 1. The van der Waals surface area contributed by atoms with Crippen LogP contribution in [0.3, 0.4) is 0 Å². The zero-order chi connectivity index (χ0) is 9.26. The first-order valence-corrected chi connectivity index (χ1v) is 4.99. The molecular formula is C10H17N3. The van der Waals surface area contributed by atoms with E-state index in [4.69, 9.17) is 0 Å². The van der Waals surface area contributed by atoms with Gasteiger partial charge in [-0.25, -0.2) is 0 Å². The molecule has 3 nitrogen and oxygen atoms in total. The fourth-order valence-corrected chi connectivity index (χ4v) is 2.01. The number of aromatic nitrogens is 2. The summed E-state index contributed by atoms with van der Waals surface area (Å²) in [6.45, 7) is 6.89. The highest BCUT2D eigenvalue weighted by molar-refractivity contribution is 5.04. The number of nitrogens with one attached hydrogen (secondary N) is 1. The van der Waals surface area contributed by atoms with Gasteiger partial charge in [0.25, 0.3) is 0 Å². The van der Waals surface area contributed by atoms with Crippen molar-refractivity contribution in [1.82, 2.24) is 15.1 Å². The molecule has 0 spiro atoms. The van der Waals surface area contributed by atoms with Crippen LogP contribution in [0.4, 0.5) is 0 Å². The van der Waals surface area contributed by atoms with Crippen molar-refractivity contribution in [3.63, 3.8) is 0 Å². The molecule has 1 fully saturated rings.